The van der Waals surface area contributed by atoms with Crippen molar-refractivity contribution in [2.24, 2.45) is 0 Å². The van der Waals surface area contributed by atoms with Crippen molar-refractivity contribution >= 4 is 33.2 Å². The zero-order valence-corrected chi connectivity index (χ0v) is 17.4. The van der Waals surface area contributed by atoms with Gasteiger partial charge in [-0.05, 0) is 18.1 Å². The van der Waals surface area contributed by atoms with E-state index in [0.29, 0.717) is 30.6 Å². The molecule has 9 nitrogen and oxygen atoms in total. The first-order valence-corrected chi connectivity index (χ1v) is 10.7. The summed E-state index contributed by atoms with van der Waals surface area (Å²) in [5, 5.41) is 18.8. The molecule has 2 N–H and O–H groups in total. The Morgan fingerprint density at radius 3 is 3.10 bits per heavy atom. The highest BCUT2D eigenvalue weighted by molar-refractivity contribution is 7.17. The number of rotatable bonds is 6. The van der Waals surface area contributed by atoms with E-state index in [4.69, 9.17) is 9.47 Å². The molecule has 2 atom stereocenters. The molecule has 1 aliphatic rings. The number of thiazole rings is 1. The van der Waals surface area contributed by atoms with Crippen LogP contribution in [0.25, 0.3) is 10.2 Å². The minimum atomic E-state index is -0.121. The lowest BCUT2D eigenvalue weighted by Crippen LogP contribution is -2.18. The quantitative estimate of drug-likeness (QED) is 0.479. The standard InChI is InChI=1S/C20H21N7O2S/c1-11(2)13-3-6-23-27-20(13)29-12-7-16(28-9-12)15-8-17(26-25-15)24-19-18-14(4-5-21-19)22-10-30-18/h3-6,8,10-12,16H,7,9H2,1-2H3,(H2,21,24,25,26)/t12-,16-/m0/s1. The maximum absolute atomic E-state index is 6.10. The van der Waals surface area contributed by atoms with Crippen LogP contribution >= 0.6 is 11.3 Å². The van der Waals surface area contributed by atoms with E-state index in [1.165, 1.54) is 0 Å². The van der Waals surface area contributed by atoms with Crippen molar-refractivity contribution in [2.75, 3.05) is 11.9 Å². The first kappa shape index (κ1) is 18.9. The van der Waals surface area contributed by atoms with Crippen LogP contribution in [0.4, 0.5) is 11.6 Å². The fourth-order valence-corrected chi connectivity index (χ4v) is 4.21. The van der Waals surface area contributed by atoms with Gasteiger partial charge in [-0.2, -0.15) is 10.2 Å². The molecule has 0 saturated carbocycles. The summed E-state index contributed by atoms with van der Waals surface area (Å²) in [5.74, 6) is 2.32. The SMILES string of the molecule is CC(C)c1ccnnc1O[C@@H]1CO[C@H](c2cc(Nc3nccc4ncsc34)n[nH]2)C1. The summed E-state index contributed by atoms with van der Waals surface area (Å²) >= 11 is 1.54. The second-order valence-corrected chi connectivity index (χ2v) is 8.29. The highest BCUT2D eigenvalue weighted by Crippen LogP contribution is 2.33. The number of fused-ring (bicyclic) bond motifs is 1. The van der Waals surface area contributed by atoms with E-state index in [-0.39, 0.29) is 12.2 Å². The third-order valence-electron chi connectivity index (χ3n) is 5.01. The van der Waals surface area contributed by atoms with E-state index in [1.807, 2.05) is 23.7 Å². The molecule has 4 aromatic rings. The summed E-state index contributed by atoms with van der Waals surface area (Å²) in [4.78, 5) is 8.72. The van der Waals surface area contributed by atoms with E-state index in [0.717, 1.165) is 27.3 Å². The highest BCUT2D eigenvalue weighted by atomic mass is 32.1. The highest BCUT2D eigenvalue weighted by Gasteiger charge is 2.30. The molecule has 154 valence electrons. The Morgan fingerprint density at radius 2 is 2.20 bits per heavy atom. The summed E-state index contributed by atoms with van der Waals surface area (Å²) in [6.07, 6.45) is 3.92. The molecular weight excluding hydrogens is 402 g/mol. The van der Waals surface area contributed by atoms with Crippen molar-refractivity contribution in [3.63, 3.8) is 0 Å². The van der Waals surface area contributed by atoms with Gasteiger partial charge in [0.25, 0.3) is 0 Å². The molecule has 0 unspecified atom stereocenters. The molecule has 0 radical (unpaired) electrons. The minimum absolute atomic E-state index is 0.0866. The second kappa shape index (κ2) is 7.96. The number of pyridine rings is 1. The lowest BCUT2D eigenvalue weighted by atomic mass is 10.1. The maximum Gasteiger partial charge on any atom is 0.237 e. The van der Waals surface area contributed by atoms with Crippen LogP contribution in [0, 0.1) is 0 Å². The summed E-state index contributed by atoms with van der Waals surface area (Å²) < 4.78 is 13.0. The Labute approximate surface area is 176 Å². The van der Waals surface area contributed by atoms with Crippen LogP contribution in [0.15, 0.2) is 36.1 Å². The van der Waals surface area contributed by atoms with Crippen molar-refractivity contribution < 1.29 is 9.47 Å². The Bertz CT molecular complexity index is 1160. The van der Waals surface area contributed by atoms with Gasteiger partial charge in [0, 0.05) is 24.2 Å². The summed E-state index contributed by atoms with van der Waals surface area (Å²) in [6, 6.07) is 5.78. The van der Waals surface area contributed by atoms with E-state index in [2.05, 4.69) is 49.5 Å². The van der Waals surface area contributed by atoms with Crippen LogP contribution < -0.4 is 10.1 Å². The van der Waals surface area contributed by atoms with Crippen molar-refractivity contribution in [1.29, 1.82) is 0 Å². The number of aromatic nitrogens is 6. The van der Waals surface area contributed by atoms with Gasteiger partial charge in [-0.25, -0.2) is 9.97 Å². The van der Waals surface area contributed by atoms with Crippen molar-refractivity contribution in [1.82, 2.24) is 30.4 Å². The fraction of sp³-hybridized carbons (Fsp3) is 0.350. The van der Waals surface area contributed by atoms with Crippen LogP contribution in [0.1, 0.15) is 43.5 Å². The summed E-state index contributed by atoms with van der Waals surface area (Å²) in [6.45, 7) is 4.71. The van der Waals surface area contributed by atoms with Gasteiger partial charge >= 0.3 is 0 Å². The van der Waals surface area contributed by atoms with Gasteiger partial charge < -0.3 is 14.8 Å². The van der Waals surface area contributed by atoms with Crippen molar-refractivity contribution in [3.05, 3.63) is 47.4 Å². The number of nitrogens with zero attached hydrogens (tertiary/aromatic N) is 5. The fourth-order valence-electron chi connectivity index (χ4n) is 3.48. The van der Waals surface area contributed by atoms with E-state index < -0.39 is 0 Å². The Hall–Kier alpha value is -3.11. The third-order valence-corrected chi connectivity index (χ3v) is 5.86. The number of anilines is 2. The molecule has 30 heavy (non-hydrogen) atoms. The predicted octanol–water partition coefficient (Wildman–Crippen LogP) is 3.98. The molecule has 4 aromatic heterocycles. The molecule has 1 aliphatic heterocycles. The summed E-state index contributed by atoms with van der Waals surface area (Å²) in [5.41, 5.74) is 4.66. The molecule has 0 amide bonds. The van der Waals surface area contributed by atoms with Gasteiger partial charge in [0.1, 0.15) is 12.2 Å². The van der Waals surface area contributed by atoms with Crippen LogP contribution in [0.5, 0.6) is 5.88 Å². The lowest BCUT2D eigenvalue weighted by molar-refractivity contribution is 0.0905. The summed E-state index contributed by atoms with van der Waals surface area (Å²) in [7, 11) is 0. The molecule has 5 heterocycles. The molecule has 0 aliphatic carbocycles. The first-order valence-electron chi connectivity index (χ1n) is 9.77. The molecule has 1 saturated heterocycles. The number of aromatic amines is 1. The minimum Gasteiger partial charge on any atom is -0.471 e. The van der Waals surface area contributed by atoms with Gasteiger partial charge in [0.2, 0.25) is 5.88 Å². The zero-order chi connectivity index (χ0) is 20.5. The van der Waals surface area contributed by atoms with Crippen molar-refractivity contribution in [2.45, 2.75) is 38.4 Å². The predicted molar refractivity (Wildman–Crippen MR) is 113 cm³/mol. The largest absolute Gasteiger partial charge is 0.471 e. The number of H-pyrrole nitrogens is 1. The smallest absolute Gasteiger partial charge is 0.237 e. The van der Waals surface area contributed by atoms with Crippen molar-refractivity contribution in [3.8, 4) is 5.88 Å². The average molecular weight is 424 g/mol. The van der Waals surface area contributed by atoms with E-state index in [9.17, 15) is 0 Å². The zero-order valence-electron chi connectivity index (χ0n) is 16.6. The van der Waals surface area contributed by atoms with Crippen LogP contribution in [-0.4, -0.2) is 43.1 Å². The lowest BCUT2D eigenvalue weighted by Gasteiger charge is -2.15. The van der Waals surface area contributed by atoms with Gasteiger partial charge in [0.15, 0.2) is 11.6 Å². The van der Waals surface area contributed by atoms with Crippen LogP contribution in [-0.2, 0) is 4.74 Å². The first-order chi connectivity index (χ1) is 14.7. The Kier molecular flexibility index (Phi) is 5.01. The topological polar surface area (TPSA) is 111 Å². The van der Waals surface area contributed by atoms with E-state index >= 15 is 0 Å². The molecule has 1 fully saturated rings. The number of ether oxygens (including phenoxy) is 2. The van der Waals surface area contributed by atoms with Gasteiger partial charge in [-0.15, -0.1) is 16.4 Å². The molecule has 0 spiro atoms. The van der Waals surface area contributed by atoms with Gasteiger partial charge in [-0.3, -0.25) is 5.10 Å². The number of hydrogen-bond acceptors (Lipinski definition) is 9. The molecule has 10 heteroatoms. The maximum atomic E-state index is 6.10. The van der Waals surface area contributed by atoms with Crippen LogP contribution in [0.2, 0.25) is 0 Å². The third kappa shape index (κ3) is 3.71. The van der Waals surface area contributed by atoms with Gasteiger partial charge in [0.05, 0.1) is 34.2 Å². The van der Waals surface area contributed by atoms with Gasteiger partial charge in [-0.1, -0.05) is 13.8 Å². The number of nitrogens with one attached hydrogen (secondary N) is 2. The Balaban J connectivity index is 1.26. The molecule has 5 rings (SSSR count). The average Bonchev–Trinajstić information content (AvgIpc) is 3.49. The van der Waals surface area contributed by atoms with E-state index in [1.54, 1.807) is 23.7 Å². The van der Waals surface area contributed by atoms with Crippen LogP contribution in [0.3, 0.4) is 0 Å². The molecule has 0 bridgehead atoms. The Morgan fingerprint density at radius 1 is 1.27 bits per heavy atom. The second-order valence-electron chi connectivity index (χ2n) is 7.44. The number of hydrogen-bond donors (Lipinski definition) is 2. The molecule has 0 aromatic carbocycles. The monoisotopic (exact) mass is 423 g/mol. The normalized spacial score (nSPS) is 18.9. The molecular formula is C20H21N7O2S.